The van der Waals surface area contributed by atoms with Gasteiger partial charge in [0.2, 0.25) is 0 Å². The van der Waals surface area contributed by atoms with Crippen molar-refractivity contribution in [2.75, 3.05) is 38.2 Å². The van der Waals surface area contributed by atoms with Gasteiger partial charge in [0.1, 0.15) is 12.1 Å². The van der Waals surface area contributed by atoms with E-state index in [1.807, 2.05) is 36.5 Å². The van der Waals surface area contributed by atoms with Crippen LogP contribution in [0.25, 0.3) is 27.8 Å². The van der Waals surface area contributed by atoms with Crippen molar-refractivity contribution < 1.29 is 17.9 Å². The van der Waals surface area contributed by atoms with Gasteiger partial charge in [0.25, 0.3) is 0 Å². The molecule has 0 amide bonds. The Kier molecular flexibility index (Phi) is 7.07. The van der Waals surface area contributed by atoms with E-state index in [4.69, 9.17) is 4.74 Å². The summed E-state index contributed by atoms with van der Waals surface area (Å²) in [6.07, 6.45) is -1.15. The summed E-state index contributed by atoms with van der Waals surface area (Å²) < 4.78 is 47.8. The molecule has 1 fully saturated rings. The third-order valence-corrected chi connectivity index (χ3v) is 7.91. The number of alkyl halides is 3. The number of aromatic nitrogens is 3. The number of hydrogen-bond donors (Lipinski definition) is 1. The number of benzene rings is 2. The average molecular weight is 550 g/mol. The molecule has 1 aliphatic heterocycles. The molecule has 1 aliphatic rings. The number of nitrogens with one attached hydrogen (secondary N) is 1. The molecular weight excluding hydrogens is 523 g/mol. The van der Waals surface area contributed by atoms with Gasteiger partial charge in [-0.25, -0.2) is 9.97 Å². The lowest BCUT2D eigenvalue weighted by molar-refractivity contribution is -0.137. The second kappa shape index (κ2) is 10.8. The Hall–Kier alpha value is -3.73. The molecule has 10 heteroatoms. The van der Waals surface area contributed by atoms with Crippen molar-refractivity contribution in [3.8, 4) is 16.8 Å². The van der Waals surface area contributed by atoms with Crippen LogP contribution >= 0.6 is 11.3 Å². The Balaban J connectivity index is 1.43. The second-order valence-electron chi connectivity index (χ2n) is 9.31. The number of thiophene rings is 1. The van der Waals surface area contributed by atoms with Gasteiger partial charge < -0.3 is 14.6 Å². The van der Waals surface area contributed by atoms with Crippen LogP contribution in [0.3, 0.4) is 0 Å². The molecule has 1 atom stereocenters. The highest BCUT2D eigenvalue weighted by Gasteiger charge is 2.31. The van der Waals surface area contributed by atoms with Crippen LogP contribution in [0.15, 0.2) is 84.6 Å². The minimum absolute atomic E-state index is 0.129. The largest absolute Gasteiger partial charge is 0.416 e. The second-order valence-corrected chi connectivity index (χ2v) is 10.3. The van der Waals surface area contributed by atoms with Crippen molar-refractivity contribution in [3.05, 3.63) is 95.1 Å². The van der Waals surface area contributed by atoms with Crippen LogP contribution in [0.5, 0.6) is 0 Å². The molecule has 1 saturated heterocycles. The van der Waals surface area contributed by atoms with Gasteiger partial charge >= 0.3 is 6.18 Å². The van der Waals surface area contributed by atoms with Gasteiger partial charge in [0, 0.05) is 42.0 Å². The molecular formula is C29H26F3N5OS. The molecule has 0 saturated carbocycles. The summed E-state index contributed by atoms with van der Waals surface area (Å²) >= 11 is 1.72. The molecule has 1 N–H and O–H groups in total. The Morgan fingerprint density at radius 1 is 0.974 bits per heavy atom. The van der Waals surface area contributed by atoms with Crippen LogP contribution in [0.2, 0.25) is 0 Å². The van der Waals surface area contributed by atoms with Crippen molar-refractivity contribution in [1.82, 2.24) is 19.4 Å². The molecule has 0 spiro atoms. The van der Waals surface area contributed by atoms with Crippen molar-refractivity contribution in [2.24, 2.45) is 0 Å². The maximum Gasteiger partial charge on any atom is 0.416 e. The summed E-state index contributed by atoms with van der Waals surface area (Å²) in [5.74, 6) is 0.638. The molecule has 3 aromatic heterocycles. The first-order valence-corrected chi connectivity index (χ1v) is 13.5. The fraction of sp³-hybridized carbons (Fsp3) is 0.241. The first-order chi connectivity index (χ1) is 19.0. The summed E-state index contributed by atoms with van der Waals surface area (Å²) in [5, 5.41) is 6.40. The summed E-state index contributed by atoms with van der Waals surface area (Å²) in [7, 11) is 0. The monoisotopic (exact) mass is 549 g/mol. The third-order valence-electron chi connectivity index (χ3n) is 6.94. The molecule has 2 aromatic carbocycles. The van der Waals surface area contributed by atoms with Crippen LogP contribution in [0.4, 0.5) is 19.0 Å². The Morgan fingerprint density at radius 2 is 1.79 bits per heavy atom. The highest BCUT2D eigenvalue weighted by molar-refractivity contribution is 7.10. The maximum absolute atomic E-state index is 13.5. The first kappa shape index (κ1) is 25.5. The lowest BCUT2D eigenvalue weighted by Crippen LogP contribution is -2.41. The minimum atomic E-state index is -4.45. The van der Waals surface area contributed by atoms with Crippen LogP contribution < -0.4 is 5.32 Å². The van der Waals surface area contributed by atoms with Crippen molar-refractivity contribution in [2.45, 2.75) is 12.2 Å². The summed E-state index contributed by atoms with van der Waals surface area (Å²) in [6, 6.07) is 19.4. The van der Waals surface area contributed by atoms with Crippen molar-refractivity contribution >= 4 is 28.2 Å². The Labute approximate surface area is 227 Å². The zero-order valence-corrected chi connectivity index (χ0v) is 21.8. The summed E-state index contributed by atoms with van der Waals surface area (Å²) in [6.45, 7) is 3.67. The van der Waals surface area contributed by atoms with E-state index in [-0.39, 0.29) is 6.04 Å². The molecule has 6 nitrogen and oxygen atoms in total. The highest BCUT2D eigenvalue weighted by Crippen LogP contribution is 2.37. The summed E-state index contributed by atoms with van der Waals surface area (Å²) in [5.41, 5.74) is 1.97. The fourth-order valence-electron chi connectivity index (χ4n) is 5.03. The standard InChI is InChI=1S/C29H26F3N5OS/c30-29(31,32)21-8-4-9-22(16-21)37-18-23(20-6-2-1-3-7-20)26-27(34-19-35-28(26)37)33-17-24(25-10-5-15-39-25)36-11-13-38-14-12-36/h1-10,15-16,18-19,24H,11-14,17H2,(H,33,34,35). The van der Waals surface area contributed by atoms with Crippen LogP contribution in [-0.4, -0.2) is 52.3 Å². The van der Waals surface area contributed by atoms with E-state index in [2.05, 4.69) is 37.7 Å². The number of anilines is 1. The van der Waals surface area contributed by atoms with Crippen molar-refractivity contribution in [1.29, 1.82) is 0 Å². The lowest BCUT2D eigenvalue weighted by Gasteiger charge is -2.34. The molecule has 0 aliphatic carbocycles. The first-order valence-electron chi connectivity index (χ1n) is 12.7. The number of rotatable bonds is 7. The van der Waals surface area contributed by atoms with Gasteiger partial charge in [0.05, 0.1) is 30.2 Å². The Bertz CT molecular complexity index is 1550. The molecule has 0 radical (unpaired) electrons. The third kappa shape index (κ3) is 5.27. The van der Waals surface area contributed by atoms with Gasteiger partial charge in [-0.05, 0) is 35.2 Å². The van der Waals surface area contributed by atoms with Gasteiger partial charge in [-0.3, -0.25) is 4.90 Å². The zero-order chi connectivity index (χ0) is 26.8. The normalized spacial score (nSPS) is 15.5. The number of morpholine rings is 1. The van der Waals surface area contributed by atoms with Gasteiger partial charge in [0.15, 0.2) is 5.65 Å². The van der Waals surface area contributed by atoms with E-state index >= 15 is 0 Å². The smallest absolute Gasteiger partial charge is 0.379 e. The van der Waals surface area contributed by atoms with E-state index < -0.39 is 11.7 Å². The van der Waals surface area contributed by atoms with E-state index in [0.717, 1.165) is 41.7 Å². The molecule has 4 heterocycles. The maximum atomic E-state index is 13.5. The van der Waals surface area contributed by atoms with Gasteiger partial charge in [-0.1, -0.05) is 42.5 Å². The lowest BCUT2D eigenvalue weighted by atomic mass is 10.1. The molecule has 1 unspecified atom stereocenters. The molecule has 39 heavy (non-hydrogen) atoms. The van der Waals surface area contributed by atoms with E-state index in [0.29, 0.717) is 36.9 Å². The predicted molar refractivity (Wildman–Crippen MR) is 147 cm³/mol. The average Bonchev–Trinajstić information content (AvgIpc) is 3.63. The Morgan fingerprint density at radius 3 is 2.54 bits per heavy atom. The molecule has 5 aromatic rings. The molecule has 200 valence electrons. The minimum Gasteiger partial charge on any atom is -0.379 e. The zero-order valence-electron chi connectivity index (χ0n) is 20.9. The van der Waals surface area contributed by atoms with Crippen molar-refractivity contribution in [3.63, 3.8) is 0 Å². The SMILES string of the molecule is FC(F)(F)c1cccc(-n2cc(-c3ccccc3)c3c(NCC(c4cccs4)N4CCOCC4)ncnc32)c1. The van der Waals surface area contributed by atoms with Crippen LogP contribution in [-0.2, 0) is 10.9 Å². The fourth-order valence-corrected chi connectivity index (χ4v) is 5.90. The van der Waals surface area contributed by atoms with E-state index in [9.17, 15) is 13.2 Å². The van der Waals surface area contributed by atoms with E-state index in [1.165, 1.54) is 17.3 Å². The quantitative estimate of drug-likeness (QED) is 0.246. The number of nitrogens with zero attached hydrogens (tertiary/aromatic N) is 4. The number of hydrogen-bond acceptors (Lipinski definition) is 6. The van der Waals surface area contributed by atoms with Crippen LogP contribution in [0, 0.1) is 0 Å². The molecule has 0 bridgehead atoms. The van der Waals surface area contributed by atoms with Gasteiger partial charge in [-0.2, -0.15) is 13.2 Å². The van der Waals surface area contributed by atoms with Crippen LogP contribution in [0.1, 0.15) is 16.5 Å². The summed E-state index contributed by atoms with van der Waals surface area (Å²) in [4.78, 5) is 12.8. The number of fused-ring (bicyclic) bond motifs is 1. The topological polar surface area (TPSA) is 55.2 Å². The van der Waals surface area contributed by atoms with Gasteiger partial charge in [-0.15, -0.1) is 11.3 Å². The number of halogens is 3. The highest BCUT2D eigenvalue weighted by atomic mass is 32.1. The predicted octanol–water partition coefficient (Wildman–Crippen LogP) is 6.65. The number of ether oxygens (including phenoxy) is 1. The van der Waals surface area contributed by atoms with E-state index in [1.54, 1.807) is 22.0 Å². The molecule has 6 rings (SSSR count).